The topological polar surface area (TPSA) is 159 Å². The predicted octanol–water partition coefficient (Wildman–Crippen LogP) is 4.88. The molecule has 264 valence electrons. The van der Waals surface area contributed by atoms with E-state index in [1.165, 1.54) is 30.9 Å². The third-order valence-electron chi connectivity index (χ3n) is 6.93. The number of halogens is 6. The van der Waals surface area contributed by atoms with Crippen LogP contribution in [-0.4, -0.2) is 94.3 Å². The number of benzene rings is 2. The molecule has 47 heavy (non-hydrogen) atoms. The summed E-state index contributed by atoms with van der Waals surface area (Å²) in [6.07, 6.45) is -1.97. The Kier molecular flexibility index (Phi) is 18.3. The van der Waals surface area contributed by atoms with Crippen LogP contribution in [0, 0.1) is 0 Å². The molecule has 10 nitrogen and oxygen atoms in total. The smallest absolute Gasteiger partial charge is 0.490 e. The molecule has 0 unspecified atom stereocenters. The first-order chi connectivity index (χ1) is 22.0. The van der Waals surface area contributed by atoms with E-state index in [-0.39, 0.29) is 17.4 Å². The first-order valence-corrected chi connectivity index (χ1v) is 14.9. The van der Waals surface area contributed by atoms with Crippen molar-refractivity contribution in [3.63, 3.8) is 0 Å². The zero-order chi connectivity index (χ0) is 35.5. The number of carboxylic acids is 2. The van der Waals surface area contributed by atoms with E-state index in [0.717, 1.165) is 57.4 Å². The van der Waals surface area contributed by atoms with Gasteiger partial charge in [-0.15, -0.1) is 0 Å². The number of alkyl halides is 6. The molecule has 2 aromatic rings. The summed E-state index contributed by atoms with van der Waals surface area (Å²) in [5.41, 5.74) is 2.29. The van der Waals surface area contributed by atoms with Crippen LogP contribution in [0.1, 0.15) is 49.7 Å². The van der Waals surface area contributed by atoms with E-state index in [0.29, 0.717) is 19.0 Å². The van der Waals surface area contributed by atoms with E-state index < -0.39 is 24.3 Å². The lowest BCUT2D eigenvalue weighted by molar-refractivity contribution is -0.193. The van der Waals surface area contributed by atoms with Crippen LogP contribution in [0.3, 0.4) is 0 Å². The minimum atomic E-state index is -5.08. The molecule has 0 aliphatic heterocycles. The molecule has 0 radical (unpaired) electrons. The Hall–Kier alpha value is -4.05. The number of nitrogens with zero attached hydrogens (tertiary/aromatic N) is 1. The summed E-state index contributed by atoms with van der Waals surface area (Å²) in [4.78, 5) is 32.9. The Morgan fingerprint density at radius 2 is 1.21 bits per heavy atom. The number of nitrogens with one attached hydrogen (secondary N) is 2. The van der Waals surface area contributed by atoms with Gasteiger partial charge in [0.25, 0.3) is 0 Å². The average Bonchev–Trinajstić information content (AvgIpc) is 3.01. The second-order valence-electron chi connectivity index (χ2n) is 10.5. The summed E-state index contributed by atoms with van der Waals surface area (Å²) in [6, 6.07) is 15.7. The van der Waals surface area contributed by atoms with Crippen molar-refractivity contribution < 1.29 is 61.2 Å². The molecule has 1 fully saturated rings. The lowest BCUT2D eigenvalue weighted by Gasteiger charge is -2.34. The first-order valence-electron chi connectivity index (χ1n) is 14.9. The quantitative estimate of drug-likeness (QED) is 0.0985. The van der Waals surface area contributed by atoms with Crippen LogP contribution in [0.4, 0.5) is 26.3 Å². The molecule has 0 saturated heterocycles. The Balaban J connectivity index is 0.000000658. The number of carbonyl (C=O) groups is 3. The lowest BCUT2D eigenvalue weighted by atomic mass is 9.94. The summed E-state index contributed by atoms with van der Waals surface area (Å²) in [7, 11) is 0. The number of carboxylic acid groups (broad SMARTS) is 2. The summed E-state index contributed by atoms with van der Waals surface area (Å²) < 4.78 is 63.5. The van der Waals surface area contributed by atoms with Crippen molar-refractivity contribution >= 4 is 17.8 Å². The number of hydrogen-bond donors (Lipinski definition) is 6. The van der Waals surface area contributed by atoms with Crippen LogP contribution in [0.25, 0.3) is 0 Å². The zero-order valence-corrected chi connectivity index (χ0v) is 25.6. The number of aromatic hydroxyl groups is 2. The van der Waals surface area contributed by atoms with E-state index in [9.17, 15) is 41.4 Å². The van der Waals surface area contributed by atoms with Gasteiger partial charge in [0.2, 0.25) is 5.91 Å². The molecule has 1 aliphatic carbocycles. The van der Waals surface area contributed by atoms with Gasteiger partial charge >= 0.3 is 24.3 Å². The molecule has 16 heteroatoms. The summed E-state index contributed by atoms with van der Waals surface area (Å²) in [5.74, 6) is -5.44. The second kappa shape index (κ2) is 20.9. The van der Waals surface area contributed by atoms with Gasteiger partial charge in [-0.2, -0.15) is 26.3 Å². The highest BCUT2D eigenvalue weighted by atomic mass is 19.4. The molecule has 0 aromatic heterocycles. The van der Waals surface area contributed by atoms with Gasteiger partial charge in [0.1, 0.15) is 0 Å². The van der Waals surface area contributed by atoms with Crippen LogP contribution in [-0.2, 0) is 27.2 Å². The SMILES string of the molecule is O=C(CCNCCc1ccccc1)N(CCNCCc1ccc(O)c(O)c1)C1CCCCC1.O=C(O)C(F)(F)F.O=C(O)C(F)(F)F. The van der Waals surface area contributed by atoms with Crippen molar-refractivity contribution in [2.24, 2.45) is 0 Å². The molecule has 1 aliphatic rings. The predicted molar refractivity (Wildman–Crippen MR) is 160 cm³/mol. The maximum atomic E-state index is 13.0. The van der Waals surface area contributed by atoms with Gasteiger partial charge in [0, 0.05) is 32.1 Å². The average molecular weight is 682 g/mol. The van der Waals surface area contributed by atoms with Gasteiger partial charge in [-0.1, -0.05) is 55.7 Å². The van der Waals surface area contributed by atoms with Gasteiger partial charge in [-0.3, -0.25) is 4.79 Å². The highest BCUT2D eigenvalue weighted by Crippen LogP contribution is 2.25. The van der Waals surface area contributed by atoms with Crippen molar-refractivity contribution in [2.45, 2.75) is 69.8 Å². The molecule has 0 spiro atoms. The summed E-state index contributed by atoms with van der Waals surface area (Å²) in [5, 5.41) is 40.2. The minimum absolute atomic E-state index is 0.0843. The number of aliphatic carboxylic acids is 2. The van der Waals surface area contributed by atoms with Crippen molar-refractivity contribution in [3.05, 3.63) is 59.7 Å². The van der Waals surface area contributed by atoms with E-state index in [2.05, 4.69) is 39.8 Å². The highest BCUT2D eigenvalue weighted by Gasteiger charge is 2.38. The first kappa shape index (κ1) is 41.0. The standard InChI is InChI=1S/C27H39N3O3.2C2HF3O2/c31-25-12-11-23(21-26(25)32)14-17-29-19-20-30(24-9-5-2-6-10-24)27(33)15-18-28-16-13-22-7-3-1-4-8-22;2*3-2(4,5)1(6)7/h1,3-4,7-8,11-12,21,24,28-29,31-32H,2,5-6,9-10,13-20H2;2*(H,6,7). The molecule has 2 aromatic carbocycles. The Morgan fingerprint density at radius 1 is 0.702 bits per heavy atom. The normalized spacial score (nSPS) is 13.4. The Labute approximate surface area is 268 Å². The molecule has 3 rings (SSSR count). The van der Waals surface area contributed by atoms with Crippen molar-refractivity contribution in [2.75, 3.05) is 32.7 Å². The van der Waals surface area contributed by atoms with E-state index in [4.69, 9.17) is 19.8 Å². The van der Waals surface area contributed by atoms with Gasteiger partial charge in [0.05, 0.1) is 0 Å². The van der Waals surface area contributed by atoms with Gasteiger partial charge in [-0.25, -0.2) is 9.59 Å². The molecule has 6 N–H and O–H groups in total. The second-order valence-corrected chi connectivity index (χ2v) is 10.5. The fourth-order valence-corrected chi connectivity index (χ4v) is 4.53. The number of phenolic OH excluding ortho intramolecular Hbond substituents is 2. The molecule has 0 bridgehead atoms. The largest absolute Gasteiger partial charge is 0.504 e. The van der Waals surface area contributed by atoms with Crippen LogP contribution in [0.5, 0.6) is 11.5 Å². The number of hydrogen-bond acceptors (Lipinski definition) is 7. The third kappa shape index (κ3) is 18.0. The highest BCUT2D eigenvalue weighted by molar-refractivity contribution is 5.76. The van der Waals surface area contributed by atoms with Crippen LogP contribution in [0.15, 0.2) is 48.5 Å². The third-order valence-corrected chi connectivity index (χ3v) is 6.93. The number of rotatable bonds is 13. The number of phenols is 2. The van der Waals surface area contributed by atoms with Crippen LogP contribution < -0.4 is 10.6 Å². The van der Waals surface area contributed by atoms with Crippen molar-refractivity contribution in [3.8, 4) is 11.5 Å². The molecular weight excluding hydrogens is 640 g/mol. The van der Waals surface area contributed by atoms with E-state index >= 15 is 0 Å². The summed E-state index contributed by atoms with van der Waals surface area (Å²) in [6.45, 7) is 3.85. The van der Waals surface area contributed by atoms with E-state index in [1.54, 1.807) is 6.07 Å². The fraction of sp³-hybridized carbons (Fsp3) is 0.516. The number of carbonyl (C=O) groups excluding carboxylic acids is 1. The van der Waals surface area contributed by atoms with Gasteiger partial charge < -0.3 is 36.0 Å². The van der Waals surface area contributed by atoms with Gasteiger partial charge in [0.15, 0.2) is 11.5 Å². The lowest BCUT2D eigenvalue weighted by Crippen LogP contribution is -2.45. The molecule has 0 heterocycles. The monoisotopic (exact) mass is 681 g/mol. The number of amides is 1. The van der Waals surface area contributed by atoms with Crippen LogP contribution >= 0.6 is 0 Å². The Bertz CT molecular complexity index is 1200. The zero-order valence-electron chi connectivity index (χ0n) is 25.6. The molecule has 1 saturated carbocycles. The molecular formula is C31H41F6N3O7. The van der Waals surface area contributed by atoms with Crippen LogP contribution in [0.2, 0.25) is 0 Å². The van der Waals surface area contributed by atoms with Crippen molar-refractivity contribution in [1.82, 2.24) is 15.5 Å². The maximum Gasteiger partial charge on any atom is 0.490 e. The maximum absolute atomic E-state index is 13.0. The van der Waals surface area contributed by atoms with Gasteiger partial charge in [-0.05, 0) is 62.0 Å². The minimum Gasteiger partial charge on any atom is -0.504 e. The fourth-order valence-electron chi connectivity index (χ4n) is 4.53. The van der Waals surface area contributed by atoms with E-state index in [1.807, 2.05) is 12.1 Å². The van der Waals surface area contributed by atoms with Crippen molar-refractivity contribution in [1.29, 1.82) is 0 Å². The summed E-state index contributed by atoms with van der Waals surface area (Å²) >= 11 is 0. The Morgan fingerprint density at radius 3 is 1.72 bits per heavy atom. The molecule has 0 atom stereocenters. The molecule has 1 amide bonds.